The first-order valence-corrected chi connectivity index (χ1v) is 3.50. The Bertz CT molecular complexity index is 363. The number of aromatic nitrogens is 2. The maximum absolute atomic E-state index is 12.2. The number of carbonyl (C=O) groups excluding carboxylic acids is 1. The summed E-state index contributed by atoms with van der Waals surface area (Å²) in [7, 11) is 0. The summed E-state index contributed by atoms with van der Waals surface area (Å²) in [5, 5.41) is 13.4. The molecule has 1 rings (SSSR count). The van der Waals surface area contributed by atoms with Crippen molar-refractivity contribution >= 4 is 12.0 Å². The summed E-state index contributed by atoms with van der Waals surface area (Å²) >= 11 is 0. The molecular formula is C6H5F2N3O3. The zero-order valence-corrected chi connectivity index (χ0v) is 6.76. The van der Waals surface area contributed by atoms with Gasteiger partial charge in [0.15, 0.2) is 0 Å². The fraction of sp³-hybridized carbons (Fsp3) is 0.333. The summed E-state index contributed by atoms with van der Waals surface area (Å²) < 4.78 is 24.5. The largest absolute Gasteiger partial charge is 0.333 e. The second-order valence-corrected chi connectivity index (χ2v) is 2.33. The molecule has 0 amide bonds. The highest BCUT2D eigenvalue weighted by atomic mass is 19.3. The van der Waals surface area contributed by atoms with E-state index in [0.29, 0.717) is 12.5 Å². The molecule has 0 atom stereocenters. The van der Waals surface area contributed by atoms with Gasteiger partial charge in [0.2, 0.25) is 0 Å². The van der Waals surface area contributed by atoms with Crippen LogP contribution in [0.4, 0.5) is 14.5 Å². The first kappa shape index (κ1) is 10.2. The van der Waals surface area contributed by atoms with Gasteiger partial charge in [0.05, 0.1) is 11.3 Å². The third-order valence-corrected chi connectivity index (χ3v) is 1.53. The van der Waals surface area contributed by atoms with E-state index in [2.05, 4.69) is 5.10 Å². The third kappa shape index (κ3) is 1.73. The van der Waals surface area contributed by atoms with Crippen molar-refractivity contribution < 1.29 is 18.5 Å². The minimum Gasteiger partial charge on any atom is -0.303 e. The van der Waals surface area contributed by atoms with Gasteiger partial charge in [-0.25, -0.2) is 4.68 Å². The number of aldehydes is 1. The molecule has 0 unspecified atom stereocenters. The second kappa shape index (κ2) is 3.90. The third-order valence-electron chi connectivity index (χ3n) is 1.53. The Morgan fingerprint density at radius 2 is 2.36 bits per heavy atom. The first-order valence-electron chi connectivity index (χ1n) is 3.50. The summed E-state index contributed by atoms with van der Waals surface area (Å²) in [5.41, 5.74) is -0.961. The molecule has 0 N–H and O–H groups in total. The van der Waals surface area contributed by atoms with Crippen molar-refractivity contribution in [2.75, 3.05) is 0 Å². The van der Waals surface area contributed by atoms with E-state index in [4.69, 9.17) is 0 Å². The molecule has 0 aliphatic rings. The average molecular weight is 205 g/mol. The molecule has 0 saturated heterocycles. The van der Waals surface area contributed by atoms with Crippen molar-refractivity contribution in [3.05, 3.63) is 22.0 Å². The van der Waals surface area contributed by atoms with Crippen LogP contribution in [0.2, 0.25) is 0 Å². The smallest absolute Gasteiger partial charge is 0.303 e. The lowest BCUT2D eigenvalue weighted by molar-refractivity contribution is -0.385. The molecule has 14 heavy (non-hydrogen) atoms. The lowest BCUT2D eigenvalue weighted by Crippen LogP contribution is -2.07. The summed E-state index contributed by atoms with van der Waals surface area (Å²) in [5.74, 6) is 0. The van der Waals surface area contributed by atoms with Crippen molar-refractivity contribution in [2.45, 2.75) is 13.0 Å². The number of alkyl halides is 2. The van der Waals surface area contributed by atoms with E-state index in [0.717, 1.165) is 0 Å². The monoisotopic (exact) mass is 205 g/mol. The SMILES string of the molecule is O=CCc1c([N+](=O)[O-])cnn1C(F)F. The van der Waals surface area contributed by atoms with Crippen LogP contribution in [0.1, 0.15) is 12.2 Å². The van der Waals surface area contributed by atoms with Crippen LogP contribution in [0.15, 0.2) is 6.20 Å². The fourth-order valence-corrected chi connectivity index (χ4v) is 0.976. The Hall–Kier alpha value is -1.86. The van der Waals surface area contributed by atoms with Crippen LogP contribution in [0, 0.1) is 10.1 Å². The summed E-state index contributed by atoms with van der Waals surface area (Å²) in [6.07, 6.45) is 0.550. The predicted octanol–water partition coefficient (Wildman–Crippen LogP) is 0.928. The number of carbonyl (C=O) groups is 1. The van der Waals surface area contributed by atoms with Crippen molar-refractivity contribution in [3.8, 4) is 0 Å². The Labute approximate surface area is 76.3 Å². The van der Waals surface area contributed by atoms with Gasteiger partial charge in [-0.05, 0) is 0 Å². The Kier molecular flexibility index (Phi) is 2.85. The molecular weight excluding hydrogens is 200 g/mol. The summed E-state index contributed by atoms with van der Waals surface area (Å²) in [4.78, 5) is 19.6. The maximum Gasteiger partial charge on any atom is 0.333 e. The van der Waals surface area contributed by atoms with Crippen LogP contribution >= 0.6 is 0 Å². The lowest BCUT2D eigenvalue weighted by Gasteiger charge is -2.01. The van der Waals surface area contributed by atoms with Crippen LogP contribution in [0.25, 0.3) is 0 Å². The van der Waals surface area contributed by atoms with Gasteiger partial charge < -0.3 is 4.79 Å². The van der Waals surface area contributed by atoms with Gasteiger partial charge in [0.1, 0.15) is 18.2 Å². The van der Waals surface area contributed by atoms with Crippen LogP contribution in [0.5, 0.6) is 0 Å². The number of nitrogens with zero attached hydrogens (tertiary/aromatic N) is 3. The molecule has 0 spiro atoms. The van der Waals surface area contributed by atoms with Gasteiger partial charge in [0, 0.05) is 0 Å². The predicted molar refractivity (Wildman–Crippen MR) is 39.9 cm³/mol. The highest BCUT2D eigenvalue weighted by Crippen LogP contribution is 2.22. The molecule has 76 valence electrons. The Morgan fingerprint density at radius 3 is 2.79 bits per heavy atom. The first-order chi connectivity index (χ1) is 6.57. The van der Waals surface area contributed by atoms with E-state index >= 15 is 0 Å². The number of rotatable bonds is 4. The number of halogens is 2. The average Bonchev–Trinajstić information content (AvgIpc) is 2.48. The molecule has 0 saturated carbocycles. The Balaban J connectivity index is 3.19. The van der Waals surface area contributed by atoms with Crippen LogP contribution in [-0.4, -0.2) is 21.0 Å². The second-order valence-electron chi connectivity index (χ2n) is 2.33. The molecule has 0 aliphatic carbocycles. The molecule has 8 heteroatoms. The minimum atomic E-state index is -2.99. The number of nitro groups is 1. The van der Waals surface area contributed by atoms with E-state index in [1.807, 2.05) is 0 Å². The van der Waals surface area contributed by atoms with Crippen LogP contribution in [0.3, 0.4) is 0 Å². The molecule has 6 nitrogen and oxygen atoms in total. The molecule has 1 aromatic heterocycles. The van der Waals surface area contributed by atoms with Crippen LogP contribution in [-0.2, 0) is 11.2 Å². The Morgan fingerprint density at radius 1 is 1.71 bits per heavy atom. The molecule has 0 aromatic carbocycles. The molecule has 0 radical (unpaired) electrons. The molecule has 1 aromatic rings. The van der Waals surface area contributed by atoms with Gasteiger partial charge in [-0.3, -0.25) is 10.1 Å². The maximum atomic E-state index is 12.2. The standard InChI is InChI=1S/C6H5F2N3O3/c7-6(8)10-4(1-2-12)5(3-9-10)11(13)14/h2-3,6H,1H2. The van der Waals surface area contributed by atoms with Crippen molar-refractivity contribution in [1.29, 1.82) is 0 Å². The van der Waals surface area contributed by atoms with E-state index in [9.17, 15) is 23.7 Å². The minimum absolute atomic E-state index is 0.159. The van der Waals surface area contributed by atoms with Gasteiger partial charge in [-0.1, -0.05) is 0 Å². The zero-order chi connectivity index (χ0) is 10.7. The lowest BCUT2D eigenvalue weighted by atomic mass is 10.3. The van der Waals surface area contributed by atoms with E-state index < -0.39 is 23.6 Å². The van der Waals surface area contributed by atoms with Crippen molar-refractivity contribution in [1.82, 2.24) is 9.78 Å². The van der Waals surface area contributed by atoms with Crippen molar-refractivity contribution in [2.24, 2.45) is 0 Å². The van der Waals surface area contributed by atoms with Crippen LogP contribution < -0.4 is 0 Å². The van der Waals surface area contributed by atoms with E-state index in [-0.39, 0.29) is 10.4 Å². The molecule has 0 bridgehead atoms. The summed E-state index contributed by atoms with van der Waals surface area (Å²) in [6.45, 7) is -2.99. The van der Waals surface area contributed by atoms with E-state index in [1.165, 1.54) is 0 Å². The summed E-state index contributed by atoms with van der Waals surface area (Å²) in [6, 6.07) is 0. The normalized spacial score (nSPS) is 10.5. The topological polar surface area (TPSA) is 78.0 Å². The molecule has 0 aliphatic heterocycles. The fourth-order valence-electron chi connectivity index (χ4n) is 0.976. The zero-order valence-electron chi connectivity index (χ0n) is 6.76. The molecule has 0 fully saturated rings. The molecule has 1 heterocycles. The number of hydrogen-bond acceptors (Lipinski definition) is 4. The van der Waals surface area contributed by atoms with Gasteiger partial charge in [-0.15, -0.1) is 0 Å². The van der Waals surface area contributed by atoms with E-state index in [1.54, 1.807) is 0 Å². The van der Waals surface area contributed by atoms with Gasteiger partial charge in [-0.2, -0.15) is 13.9 Å². The van der Waals surface area contributed by atoms with Crippen molar-refractivity contribution in [3.63, 3.8) is 0 Å². The highest BCUT2D eigenvalue weighted by Gasteiger charge is 2.23. The quantitative estimate of drug-likeness (QED) is 0.416. The number of hydrogen-bond donors (Lipinski definition) is 0. The highest BCUT2D eigenvalue weighted by molar-refractivity contribution is 5.57. The van der Waals surface area contributed by atoms with Gasteiger partial charge in [0.25, 0.3) is 0 Å². The van der Waals surface area contributed by atoms with Gasteiger partial charge >= 0.3 is 12.2 Å².